The lowest BCUT2D eigenvalue weighted by atomic mass is 10.0. The zero-order valence-corrected chi connectivity index (χ0v) is 9.25. The number of nitrogens with zero attached hydrogens (tertiary/aromatic N) is 2. The summed E-state index contributed by atoms with van der Waals surface area (Å²) >= 11 is 0. The van der Waals surface area contributed by atoms with Gasteiger partial charge in [-0.15, -0.1) is 0 Å². The maximum Gasteiger partial charge on any atom is 0.417 e. The molecule has 0 radical (unpaired) electrons. The first-order valence-electron chi connectivity index (χ1n) is 4.92. The number of pyridine rings is 1. The lowest BCUT2D eigenvalue weighted by Gasteiger charge is -2.13. The van der Waals surface area contributed by atoms with Crippen LogP contribution in [0.4, 0.5) is 13.2 Å². The first-order chi connectivity index (χ1) is 8.49. The Morgan fingerprint density at radius 3 is 2.67 bits per heavy atom. The monoisotopic (exact) mass is 252 g/mol. The molecule has 0 fully saturated rings. The number of ether oxygens (including phenoxy) is 1. The number of aromatic nitrogens is 1. The third kappa shape index (κ3) is 1.84. The van der Waals surface area contributed by atoms with Crippen LogP contribution < -0.4 is 4.74 Å². The Bertz CT molecular complexity index is 644. The topological polar surface area (TPSA) is 45.9 Å². The van der Waals surface area contributed by atoms with Crippen LogP contribution in [0.25, 0.3) is 10.9 Å². The number of halogens is 3. The van der Waals surface area contributed by atoms with Gasteiger partial charge in [-0.05, 0) is 12.1 Å². The highest BCUT2D eigenvalue weighted by Crippen LogP contribution is 2.39. The summed E-state index contributed by atoms with van der Waals surface area (Å²) in [5.74, 6) is 0.0566. The molecule has 6 heteroatoms. The number of methoxy groups -OCH3 is 1. The first-order valence-corrected chi connectivity index (χ1v) is 4.92. The Balaban J connectivity index is 2.94. The molecule has 1 heterocycles. The van der Waals surface area contributed by atoms with Gasteiger partial charge in [-0.25, -0.2) is 0 Å². The van der Waals surface area contributed by atoms with Crippen LogP contribution in [0.3, 0.4) is 0 Å². The van der Waals surface area contributed by atoms with Gasteiger partial charge in [-0.3, -0.25) is 4.98 Å². The summed E-state index contributed by atoms with van der Waals surface area (Å²) in [5, 5.41) is 8.79. The smallest absolute Gasteiger partial charge is 0.417 e. The van der Waals surface area contributed by atoms with Gasteiger partial charge in [0.1, 0.15) is 11.6 Å². The number of hydrogen-bond acceptors (Lipinski definition) is 3. The molecule has 0 atom stereocenters. The molecule has 0 aliphatic heterocycles. The fourth-order valence-electron chi connectivity index (χ4n) is 1.74. The molecule has 3 nitrogen and oxygen atoms in total. The van der Waals surface area contributed by atoms with Crippen molar-refractivity contribution in [3.63, 3.8) is 0 Å². The van der Waals surface area contributed by atoms with E-state index in [1.165, 1.54) is 25.4 Å². The van der Waals surface area contributed by atoms with Gasteiger partial charge < -0.3 is 4.74 Å². The Labute approximate surface area is 100 Å². The molecular formula is C12H7F3N2O. The number of fused-ring (bicyclic) bond motifs is 1. The lowest BCUT2D eigenvalue weighted by Crippen LogP contribution is -2.07. The molecule has 0 aliphatic carbocycles. The van der Waals surface area contributed by atoms with Gasteiger partial charge >= 0.3 is 6.18 Å². The Kier molecular flexibility index (Phi) is 2.83. The van der Waals surface area contributed by atoms with E-state index in [2.05, 4.69) is 4.98 Å². The van der Waals surface area contributed by atoms with Gasteiger partial charge in [0.2, 0.25) is 0 Å². The largest absolute Gasteiger partial charge is 0.493 e. The van der Waals surface area contributed by atoms with Crippen molar-refractivity contribution in [2.45, 2.75) is 6.18 Å². The van der Waals surface area contributed by atoms with E-state index in [-0.39, 0.29) is 22.2 Å². The molecule has 2 rings (SSSR count). The van der Waals surface area contributed by atoms with Gasteiger partial charge in [0.15, 0.2) is 5.75 Å². The number of hydrogen-bond donors (Lipinski definition) is 0. The van der Waals surface area contributed by atoms with E-state index in [4.69, 9.17) is 10.00 Å². The minimum atomic E-state index is -4.54. The number of rotatable bonds is 1. The second-order valence-corrected chi connectivity index (χ2v) is 3.51. The molecule has 18 heavy (non-hydrogen) atoms. The molecule has 0 aliphatic rings. The predicted octanol–water partition coefficient (Wildman–Crippen LogP) is 3.13. The van der Waals surface area contributed by atoms with Crippen molar-refractivity contribution in [3.05, 3.63) is 35.5 Å². The van der Waals surface area contributed by atoms with Crippen molar-refractivity contribution in [1.29, 1.82) is 5.26 Å². The Hall–Kier alpha value is -2.29. The van der Waals surface area contributed by atoms with Crippen LogP contribution in [0, 0.1) is 11.3 Å². The van der Waals surface area contributed by atoms with Gasteiger partial charge in [0.25, 0.3) is 0 Å². The van der Waals surface area contributed by atoms with E-state index in [1.807, 2.05) is 0 Å². The number of alkyl halides is 3. The second kappa shape index (κ2) is 4.18. The van der Waals surface area contributed by atoms with E-state index in [1.54, 1.807) is 6.07 Å². The molecule has 1 aromatic heterocycles. The van der Waals surface area contributed by atoms with E-state index < -0.39 is 11.7 Å². The molecule has 0 amide bonds. The molecular weight excluding hydrogens is 245 g/mol. The summed E-state index contributed by atoms with van der Waals surface area (Å²) in [6, 6.07) is 5.17. The van der Waals surface area contributed by atoms with Crippen molar-refractivity contribution >= 4 is 10.9 Å². The third-order valence-electron chi connectivity index (χ3n) is 2.48. The van der Waals surface area contributed by atoms with E-state index >= 15 is 0 Å². The van der Waals surface area contributed by atoms with Crippen LogP contribution in [0.15, 0.2) is 24.4 Å². The Morgan fingerprint density at radius 1 is 1.39 bits per heavy atom. The fraction of sp³-hybridized carbons (Fsp3) is 0.167. The summed E-state index contributed by atoms with van der Waals surface area (Å²) in [7, 11) is 1.29. The van der Waals surface area contributed by atoms with Gasteiger partial charge in [0, 0.05) is 11.6 Å². The zero-order valence-electron chi connectivity index (χ0n) is 9.25. The van der Waals surface area contributed by atoms with Crippen LogP contribution in [-0.2, 0) is 6.18 Å². The molecule has 92 valence electrons. The molecule has 0 unspecified atom stereocenters. The minimum Gasteiger partial charge on any atom is -0.493 e. The van der Waals surface area contributed by atoms with Crippen LogP contribution >= 0.6 is 0 Å². The quantitative estimate of drug-likeness (QED) is 0.783. The fourth-order valence-corrected chi connectivity index (χ4v) is 1.74. The maximum atomic E-state index is 12.9. The van der Waals surface area contributed by atoms with Gasteiger partial charge in [0.05, 0.1) is 18.2 Å². The van der Waals surface area contributed by atoms with Crippen molar-refractivity contribution < 1.29 is 17.9 Å². The van der Waals surface area contributed by atoms with Gasteiger partial charge in [-0.2, -0.15) is 18.4 Å². The van der Waals surface area contributed by atoms with Crippen molar-refractivity contribution in [3.8, 4) is 11.8 Å². The summed E-state index contributed by atoms with van der Waals surface area (Å²) in [6.45, 7) is 0. The van der Waals surface area contributed by atoms with Crippen molar-refractivity contribution in [2.75, 3.05) is 7.11 Å². The van der Waals surface area contributed by atoms with Crippen molar-refractivity contribution in [2.24, 2.45) is 0 Å². The summed E-state index contributed by atoms with van der Waals surface area (Å²) in [6.07, 6.45) is -3.19. The average molecular weight is 252 g/mol. The van der Waals surface area contributed by atoms with Crippen LogP contribution in [0.1, 0.15) is 11.1 Å². The molecule has 0 saturated carbocycles. The summed E-state index contributed by atoms with van der Waals surface area (Å²) in [4.78, 5) is 3.86. The third-order valence-corrected chi connectivity index (χ3v) is 2.48. The second-order valence-electron chi connectivity index (χ2n) is 3.51. The van der Waals surface area contributed by atoms with E-state index in [9.17, 15) is 13.2 Å². The SMILES string of the molecule is COc1c(C#N)cc(C(F)(F)F)c2cccnc12. The minimum absolute atomic E-state index is 0.0337. The van der Waals surface area contributed by atoms with Crippen LogP contribution in [-0.4, -0.2) is 12.1 Å². The molecule has 0 spiro atoms. The van der Waals surface area contributed by atoms with Crippen LogP contribution in [0.2, 0.25) is 0 Å². The lowest BCUT2D eigenvalue weighted by molar-refractivity contribution is -0.136. The molecule has 0 saturated heterocycles. The number of benzene rings is 1. The number of nitriles is 1. The van der Waals surface area contributed by atoms with E-state index in [0.29, 0.717) is 0 Å². The average Bonchev–Trinajstić information content (AvgIpc) is 2.35. The molecule has 2 aromatic rings. The predicted molar refractivity (Wildman–Crippen MR) is 58.0 cm³/mol. The first kappa shape index (κ1) is 12.2. The molecule has 1 aromatic carbocycles. The molecule has 0 bridgehead atoms. The maximum absolute atomic E-state index is 12.9. The highest BCUT2D eigenvalue weighted by atomic mass is 19.4. The standard InChI is InChI=1S/C12H7F3N2O/c1-18-11-7(6-16)5-9(12(13,14)15)8-3-2-4-17-10(8)11/h2-5H,1H3. The van der Waals surface area contributed by atoms with Crippen molar-refractivity contribution in [1.82, 2.24) is 4.98 Å². The highest BCUT2D eigenvalue weighted by Gasteiger charge is 2.34. The zero-order chi connectivity index (χ0) is 13.3. The normalized spacial score (nSPS) is 11.3. The van der Waals surface area contributed by atoms with Gasteiger partial charge in [-0.1, -0.05) is 6.07 Å². The van der Waals surface area contributed by atoms with E-state index in [0.717, 1.165) is 6.07 Å². The molecule has 0 N–H and O–H groups in total. The highest BCUT2D eigenvalue weighted by molar-refractivity contribution is 5.90. The Morgan fingerprint density at radius 2 is 2.11 bits per heavy atom. The summed E-state index contributed by atoms with van der Waals surface area (Å²) < 4.78 is 43.6. The van der Waals surface area contributed by atoms with Crippen LogP contribution in [0.5, 0.6) is 5.75 Å². The summed E-state index contributed by atoms with van der Waals surface area (Å²) in [5.41, 5.74) is -1.04.